The van der Waals surface area contributed by atoms with Crippen LogP contribution in [0.2, 0.25) is 0 Å². The molecule has 0 spiro atoms. The fourth-order valence-corrected chi connectivity index (χ4v) is 3.69. The van der Waals surface area contributed by atoms with Gasteiger partial charge in [0.15, 0.2) is 5.82 Å². The van der Waals surface area contributed by atoms with Crippen LogP contribution in [0.1, 0.15) is 23.9 Å². The van der Waals surface area contributed by atoms with Gasteiger partial charge in [-0.1, -0.05) is 33.8 Å². The van der Waals surface area contributed by atoms with Gasteiger partial charge in [-0.15, -0.1) is 10.2 Å². The number of halogens is 1. The minimum atomic E-state index is -0.404. The highest BCUT2D eigenvalue weighted by atomic mass is 79.9. The van der Waals surface area contributed by atoms with E-state index in [-0.39, 0.29) is 12.5 Å². The molecule has 9 heteroatoms. The fourth-order valence-electron chi connectivity index (χ4n) is 2.64. The van der Waals surface area contributed by atoms with Crippen LogP contribution in [0, 0.1) is 13.8 Å². The molecule has 0 aliphatic heterocycles. The van der Waals surface area contributed by atoms with Gasteiger partial charge in [-0.3, -0.25) is 4.79 Å². The molecule has 0 bridgehead atoms. The molecule has 1 amide bonds. The van der Waals surface area contributed by atoms with Crippen LogP contribution in [0.3, 0.4) is 0 Å². The molecule has 3 rings (SSSR count). The third-order valence-corrected chi connectivity index (χ3v) is 5.65. The molecule has 1 atom stereocenters. The Morgan fingerprint density at radius 2 is 1.86 bits per heavy atom. The van der Waals surface area contributed by atoms with E-state index in [9.17, 15) is 4.79 Å². The molecule has 152 valence electrons. The summed E-state index contributed by atoms with van der Waals surface area (Å²) in [4.78, 5) is 12.4. The van der Waals surface area contributed by atoms with Crippen molar-refractivity contribution in [1.29, 1.82) is 0 Å². The molecule has 2 aromatic carbocycles. The van der Waals surface area contributed by atoms with Crippen LogP contribution in [0.25, 0.3) is 0 Å². The monoisotopic (exact) mass is 475 g/mol. The average Bonchev–Trinajstić information content (AvgIpc) is 3.01. The molecule has 0 saturated heterocycles. The van der Waals surface area contributed by atoms with Gasteiger partial charge in [0.1, 0.15) is 12.4 Å². The summed E-state index contributed by atoms with van der Waals surface area (Å²) < 4.78 is 8.10. The zero-order chi connectivity index (χ0) is 21.0. The first-order valence-corrected chi connectivity index (χ1v) is 10.6. The SMILES string of the molecule is Cc1cc(C)cc(OCc2nnc(SC(C)C(=O)Nc3ccc(Br)cc3)n2N)c1. The van der Waals surface area contributed by atoms with Crippen LogP contribution < -0.4 is 15.9 Å². The van der Waals surface area contributed by atoms with Crippen molar-refractivity contribution < 1.29 is 9.53 Å². The average molecular weight is 476 g/mol. The topological polar surface area (TPSA) is 95.1 Å². The number of aromatic nitrogens is 3. The minimum absolute atomic E-state index is 0.145. The Kier molecular flexibility index (Phi) is 6.81. The van der Waals surface area contributed by atoms with Crippen molar-refractivity contribution >= 4 is 39.3 Å². The fraction of sp³-hybridized carbons (Fsp3) is 0.250. The Hall–Kier alpha value is -2.52. The van der Waals surface area contributed by atoms with E-state index >= 15 is 0 Å². The third-order valence-electron chi connectivity index (χ3n) is 4.06. The first kappa shape index (κ1) is 21.2. The van der Waals surface area contributed by atoms with Crippen molar-refractivity contribution in [2.45, 2.75) is 37.8 Å². The van der Waals surface area contributed by atoms with E-state index in [4.69, 9.17) is 10.6 Å². The Labute approximate surface area is 182 Å². The normalized spacial score (nSPS) is 11.9. The molecule has 3 N–H and O–H groups in total. The van der Waals surface area contributed by atoms with Crippen molar-refractivity contribution in [3.05, 3.63) is 63.9 Å². The van der Waals surface area contributed by atoms with E-state index in [0.29, 0.717) is 11.0 Å². The second kappa shape index (κ2) is 9.32. The van der Waals surface area contributed by atoms with Gasteiger partial charge in [0, 0.05) is 10.2 Å². The number of aryl methyl sites for hydroxylation is 2. The molecule has 0 aliphatic rings. The van der Waals surface area contributed by atoms with Gasteiger partial charge < -0.3 is 15.9 Å². The van der Waals surface area contributed by atoms with Crippen molar-refractivity contribution in [3.8, 4) is 5.75 Å². The van der Waals surface area contributed by atoms with E-state index in [1.807, 2.05) is 50.2 Å². The molecular formula is C20H22BrN5O2S. The van der Waals surface area contributed by atoms with Gasteiger partial charge >= 0.3 is 0 Å². The maximum Gasteiger partial charge on any atom is 0.237 e. The number of nitrogen functional groups attached to an aromatic ring is 1. The maximum atomic E-state index is 12.4. The van der Waals surface area contributed by atoms with Gasteiger partial charge in [-0.2, -0.15) is 0 Å². The zero-order valence-electron chi connectivity index (χ0n) is 16.3. The lowest BCUT2D eigenvalue weighted by Gasteiger charge is -2.12. The van der Waals surface area contributed by atoms with Crippen LogP contribution in [0.5, 0.6) is 5.75 Å². The van der Waals surface area contributed by atoms with Crippen molar-refractivity contribution in [3.63, 3.8) is 0 Å². The van der Waals surface area contributed by atoms with Gasteiger partial charge in [-0.05, 0) is 68.3 Å². The second-order valence-electron chi connectivity index (χ2n) is 6.64. The van der Waals surface area contributed by atoms with Crippen LogP contribution in [-0.2, 0) is 11.4 Å². The predicted molar refractivity (Wildman–Crippen MR) is 119 cm³/mol. The number of nitrogens with one attached hydrogen (secondary N) is 1. The highest BCUT2D eigenvalue weighted by Crippen LogP contribution is 2.23. The summed E-state index contributed by atoms with van der Waals surface area (Å²) in [6.07, 6.45) is 0. The number of carbonyl (C=O) groups excluding carboxylic acids is 1. The Morgan fingerprint density at radius 3 is 2.52 bits per heavy atom. The maximum absolute atomic E-state index is 12.4. The van der Waals surface area contributed by atoms with Crippen LogP contribution in [0.4, 0.5) is 5.69 Å². The van der Waals surface area contributed by atoms with Crippen LogP contribution >= 0.6 is 27.7 Å². The lowest BCUT2D eigenvalue weighted by Crippen LogP contribution is -2.24. The van der Waals surface area contributed by atoms with Gasteiger partial charge in [0.25, 0.3) is 0 Å². The number of carbonyl (C=O) groups is 1. The first-order valence-electron chi connectivity index (χ1n) is 8.95. The van der Waals surface area contributed by atoms with Crippen molar-refractivity contribution in [1.82, 2.24) is 14.9 Å². The molecule has 3 aromatic rings. The largest absolute Gasteiger partial charge is 0.486 e. The van der Waals surface area contributed by atoms with E-state index in [0.717, 1.165) is 27.0 Å². The second-order valence-corrected chi connectivity index (χ2v) is 8.86. The molecule has 0 saturated carbocycles. The first-order chi connectivity index (χ1) is 13.8. The highest BCUT2D eigenvalue weighted by molar-refractivity contribution is 9.10. The molecule has 29 heavy (non-hydrogen) atoms. The van der Waals surface area contributed by atoms with Crippen LogP contribution in [0.15, 0.2) is 52.1 Å². The summed E-state index contributed by atoms with van der Waals surface area (Å²) >= 11 is 4.61. The molecule has 1 unspecified atom stereocenters. The molecule has 7 nitrogen and oxygen atoms in total. The number of nitrogens with zero attached hydrogens (tertiary/aromatic N) is 3. The van der Waals surface area contributed by atoms with Crippen molar-refractivity contribution in [2.24, 2.45) is 0 Å². The number of nitrogens with two attached hydrogens (primary N) is 1. The van der Waals surface area contributed by atoms with Crippen molar-refractivity contribution in [2.75, 3.05) is 11.2 Å². The summed E-state index contributed by atoms with van der Waals surface area (Å²) in [5, 5.41) is 11.1. The zero-order valence-corrected chi connectivity index (χ0v) is 18.8. The van der Waals surface area contributed by atoms with E-state index in [1.165, 1.54) is 16.4 Å². The summed E-state index contributed by atoms with van der Waals surface area (Å²) in [6, 6.07) is 13.4. The number of hydrogen-bond acceptors (Lipinski definition) is 6. The number of rotatable bonds is 7. The summed E-state index contributed by atoms with van der Waals surface area (Å²) in [5.74, 6) is 7.18. The standard InChI is InChI=1S/C20H22BrN5O2S/c1-12-8-13(2)10-17(9-12)28-11-18-24-25-20(26(18)22)29-14(3)19(27)23-16-6-4-15(21)5-7-16/h4-10,14H,11,22H2,1-3H3,(H,23,27). The molecule has 0 aliphatic carbocycles. The smallest absolute Gasteiger partial charge is 0.237 e. The summed E-state index contributed by atoms with van der Waals surface area (Å²) in [5.41, 5.74) is 2.97. The lowest BCUT2D eigenvalue weighted by atomic mass is 10.1. The number of hydrogen-bond donors (Lipinski definition) is 2. The van der Waals surface area contributed by atoms with Gasteiger partial charge in [0.2, 0.25) is 11.1 Å². The molecule has 1 aromatic heterocycles. The summed E-state index contributed by atoms with van der Waals surface area (Å²) in [7, 11) is 0. The quantitative estimate of drug-likeness (QED) is 0.394. The number of benzene rings is 2. The molecule has 0 fully saturated rings. The molecular weight excluding hydrogens is 454 g/mol. The Morgan fingerprint density at radius 1 is 1.21 bits per heavy atom. The van der Waals surface area contributed by atoms with E-state index in [2.05, 4.69) is 37.5 Å². The predicted octanol–water partition coefficient (Wildman–Crippen LogP) is 4.07. The van der Waals surface area contributed by atoms with E-state index in [1.54, 1.807) is 6.92 Å². The number of amides is 1. The Balaban J connectivity index is 1.59. The third kappa shape index (κ3) is 5.74. The Bertz CT molecular complexity index is 986. The van der Waals surface area contributed by atoms with Gasteiger partial charge in [-0.25, -0.2) is 4.68 Å². The number of thioether (sulfide) groups is 1. The number of anilines is 1. The number of ether oxygens (including phenoxy) is 1. The van der Waals surface area contributed by atoms with Crippen LogP contribution in [-0.4, -0.2) is 26.0 Å². The van der Waals surface area contributed by atoms with Gasteiger partial charge in [0.05, 0.1) is 5.25 Å². The molecule has 0 radical (unpaired) electrons. The summed E-state index contributed by atoms with van der Waals surface area (Å²) in [6.45, 7) is 6.01. The molecule has 1 heterocycles. The lowest BCUT2D eigenvalue weighted by molar-refractivity contribution is -0.115. The van der Waals surface area contributed by atoms with E-state index < -0.39 is 5.25 Å². The highest BCUT2D eigenvalue weighted by Gasteiger charge is 2.19. The minimum Gasteiger partial charge on any atom is -0.486 e.